The molecule has 5 heteroatoms. The van der Waals surface area contributed by atoms with Gasteiger partial charge in [-0.25, -0.2) is 0 Å². The summed E-state index contributed by atoms with van der Waals surface area (Å²) in [5.41, 5.74) is 4.65. The number of hydrogen-bond acceptors (Lipinski definition) is 4. The van der Waals surface area contributed by atoms with Gasteiger partial charge in [0.15, 0.2) is 5.78 Å². The van der Waals surface area contributed by atoms with Crippen LogP contribution in [0.15, 0.2) is 60.8 Å². The Morgan fingerprint density at radius 2 is 2.00 bits per heavy atom. The van der Waals surface area contributed by atoms with Crippen molar-refractivity contribution in [3.05, 3.63) is 71.9 Å². The fraction of sp³-hybridized carbons (Fsp3) is 0.261. The molecule has 1 aromatic heterocycles. The number of aromatic amines is 1. The molecule has 4 nitrogen and oxygen atoms in total. The lowest BCUT2D eigenvalue weighted by atomic mass is 9.93. The summed E-state index contributed by atoms with van der Waals surface area (Å²) in [5.74, 6) is 2.45. The standard InChI is InChI=1S/C23H24N2O2S/c1-27-23-9-5-3-7-19(23)16-10-11-24-21(12-16)22(26)15-28-14-17-13-25-20-8-4-2-6-18(17)20/h2-10,13,21,24-25H,11-12,14-15H2,1H3. The lowest BCUT2D eigenvalue weighted by molar-refractivity contribution is -0.118. The molecule has 0 fully saturated rings. The average molecular weight is 393 g/mol. The maximum atomic E-state index is 12.8. The van der Waals surface area contributed by atoms with Crippen LogP contribution in [0.1, 0.15) is 17.5 Å². The molecule has 0 spiro atoms. The van der Waals surface area contributed by atoms with Crippen LogP contribution < -0.4 is 10.1 Å². The first-order valence-corrected chi connectivity index (χ1v) is 10.6. The Bertz CT molecular complexity index is 1010. The Morgan fingerprint density at radius 3 is 2.89 bits per heavy atom. The number of carbonyl (C=O) groups is 1. The predicted octanol–water partition coefficient (Wildman–Crippen LogP) is 4.42. The summed E-state index contributed by atoms with van der Waals surface area (Å²) < 4.78 is 5.48. The normalized spacial score (nSPS) is 16.8. The van der Waals surface area contributed by atoms with Crippen LogP contribution in [-0.4, -0.2) is 36.2 Å². The number of carbonyl (C=O) groups excluding carboxylic acids is 1. The fourth-order valence-corrected chi connectivity index (χ4v) is 4.63. The van der Waals surface area contributed by atoms with E-state index in [0.717, 1.165) is 22.6 Å². The number of hydrogen-bond donors (Lipinski definition) is 2. The largest absolute Gasteiger partial charge is 0.496 e. The number of fused-ring (bicyclic) bond motifs is 1. The molecule has 1 aliphatic heterocycles. The van der Waals surface area contributed by atoms with Crippen LogP contribution in [0.4, 0.5) is 0 Å². The van der Waals surface area contributed by atoms with E-state index in [1.165, 1.54) is 16.5 Å². The third kappa shape index (κ3) is 4.01. The second kappa shape index (κ2) is 8.67. The van der Waals surface area contributed by atoms with E-state index in [-0.39, 0.29) is 11.8 Å². The Balaban J connectivity index is 1.36. The monoisotopic (exact) mass is 392 g/mol. The minimum atomic E-state index is -0.139. The van der Waals surface area contributed by atoms with Crippen molar-refractivity contribution in [2.45, 2.75) is 18.2 Å². The number of ketones is 1. The van der Waals surface area contributed by atoms with Crippen LogP contribution in [0.3, 0.4) is 0 Å². The summed E-state index contributed by atoms with van der Waals surface area (Å²) in [7, 11) is 1.68. The van der Waals surface area contributed by atoms with Crippen molar-refractivity contribution in [1.82, 2.24) is 10.3 Å². The first-order valence-electron chi connectivity index (χ1n) is 9.47. The summed E-state index contributed by atoms with van der Waals surface area (Å²) in [4.78, 5) is 16.1. The molecule has 28 heavy (non-hydrogen) atoms. The zero-order valence-electron chi connectivity index (χ0n) is 15.9. The zero-order valence-corrected chi connectivity index (χ0v) is 16.7. The third-order valence-electron chi connectivity index (χ3n) is 5.16. The number of thioether (sulfide) groups is 1. The molecule has 1 unspecified atom stereocenters. The highest BCUT2D eigenvalue weighted by molar-refractivity contribution is 7.99. The number of H-pyrrole nitrogens is 1. The van der Waals surface area contributed by atoms with Gasteiger partial charge in [-0.2, -0.15) is 0 Å². The molecule has 1 atom stereocenters. The number of benzene rings is 2. The number of nitrogens with one attached hydrogen (secondary N) is 2. The Labute approximate surface area is 169 Å². The van der Waals surface area contributed by atoms with E-state index in [0.29, 0.717) is 18.7 Å². The lowest BCUT2D eigenvalue weighted by Crippen LogP contribution is -2.40. The van der Waals surface area contributed by atoms with E-state index in [1.54, 1.807) is 18.9 Å². The molecule has 0 amide bonds. The Hall–Kier alpha value is -2.50. The second-order valence-corrected chi connectivity index (χ2v) is 7.90. The Kier molecular flexibility index (Phi) is 5.84. The van der Waals surface area contributed by atoms with Gasteiger partial charge in [-0.1, -0.05) is 42.5 Å². The SMILES string of the molecule is COc1ccccc1C1=CCNC(C(=O)CSCc2c[nH]c3ccccc23)C1. The van der Waals surface area contributed by atoms with Gasteiger partial charge in [0, 0.05) is 35.0 Å². The van der Waals surface area contributed by atoms with Crippen molar-refractivity contribution in [1.29, 1.82) is 0 Å². The molecule has 2 heterocycles. The van der Waals surface area contributed by atoms with Gasteiger partial charge in [0.25, 0.3) is 0 Å². The molecule has 0 saturated heterocycles. The Morgan fingerprint density at radius 1 is 1.18 bits per heavy atom. The van der Waals surface area contributed by atoms with Gasteiger partial charge in [0.1, 0.15) is 5.75 Å². The lowest BCUT2D eigenvalue weighted by Gasteiger charge is -2.24. The highest BCUT2D eigenvalue weighted by Crippen LogP contribution is 2.31. The maximum absolute atomic E-state index is 12.8. The predicted molar refractivity (Wildman–Crippen MR) is 117 cm³/mol. The smallest absolute Gasteiger partial charge is 0.159 e. The first kappa shape index (κ1) is 18.8. The van der Waals surface area contributed by atoms with E-state index in [9.17, 15) is 4.79 Å². The number of ether oxygens (including phenoxy) is 1. The summed E-state index contributed by atoms with van der Waals surface area (Å²) in [6, 6.07) is 16.1. The quantitative estimate of drug-likeness (QED) is 0.625. The first-order chi connectivity index (χ1) is 13.8. The molecule has 144 valence electrons. The summed E-state index contributed by atoms with van der Waals surface area (Å²) in [5, 5.41) is 4.58. The van der Waals surface area contributed by atoms with E-state index in [2.05, 4.69) is 34.6 Å². The number of rotatable bonds is 7. The summed E-state index contributed by atoms with van der Waals surface area (Å²) in [6.07, 6.45) is 4.90. The molecule has 2 N–H and O–H groups in total. The van der Waals surface area contributed by atoms with Crippen molar-refractivity contribution in [2.24, 2.45) is 0 Å². The van der Waals surface area contributed by atoms with Crippen molar-refractivity contribution in [3.63, 3.8) is 0 Å². The fourth-order valence-electron chi connectivity index (χ4n) is 3.67. The minimum Gasteiger partial charge on any atom is -0.496 e. The number of para-hydroxylation sites is 2. The molecule has 3 aromatic rings. The van der Waals surface area contributed by atoms with Crippen molar-refractivity contribution in [3.8, 4) is 5.75 Å². The number of Topliss-reactive ketones (excluding diaryl/α,β-unsaturated/α-hetero) is 1. The zero-order chi connectivity index (χ0) is 19.3. The van der Waals surface area contributed by atoms with Crippen LogP contribution in [0.25, 0.3) is 16.5 Å². The minimum absolute atomic E-state index is 0.139. The molecule has 0 bridgehead atoms. The maximum Gasteiger partial charge on any atom is 0.159 e. The molecule has 4 rings (SSSR count). The van der Waals surface area contributed by atoms with Crippen LogP contribution in [0.2, 0.25) is 0 Å². The van der Waals surface area contributed by atoms with E-state index in [4.69, 9.17) is 4.74 Å². The van der Waals surface area contributed by atoms with Crippen molar-refractivity contribution >= 4 is 34.0 Å². The number of methoxy groups -OCH3 is 1. The van der Waals surface area contributed by atoms with Crippen LogP contribution in [0, 0.1) is 0 Å². The molecule has 0 aliphatic carbocycles. The van der Waals surface area contributed by atoms with Crippen LogP contribution in [0.5, 0.6) is 5.75 Å². The van der Waals surface area contributed by atoms with E-state index in [1.807, 2.05) is 36.5 Å². The van der Waals surface area contributed by atoms with Crippen molar-refractivity contribution < 1.29 is 9.53 Å². The molecule has 1 aliphatic rings. The van der Waals surface area contributed by atoms with Crippen LogP contribution >= 0.6 is 11.8 Å². The highest BCUT2D eigenvalue weighted by atomic mass is 32.2. The molecule has 2 aromatic carbocycles. The van der Waals surface area contributed by atoms with E-state index < -0.39 is 0 Å². The second-order valence-electron chi connectivity index (χ2n) is 6.91. The van der Waals surface area contributed by atoms with Crippen molar-refractivity contribution in [2.75, 3.05) is 19.4 Å². The molecule has 0 radical (unpaired) electrons. The van der Waals surface area contributed by atoms with Crippen LogP contribution in [-0.2, 0) is 10.5 Å². The van der Waals surface area contributed by atoms with Gasteiger partial charge >= 0.3 is 0 Å². The molecular weight excluding hydrogens is 368 g/mol. The molecule has 0 saturated carbocycles. The van der Waals surface area contributed by atoms with Gasteiger partial charge < -0.3 is 15.0 Å². The summed E-state index contributed by atoms with van der Waals surface area (Å²) >= 11 is 1.68. The third-order valence-corrected chi connectivity index (χ3v) is 6.16. The topological polar surface area (TPSA) is 54.1 Å². The highest BCUT2D eigenvalue weighted by Gasteiger charge is 2.23. The van der Waals surface area contributed by atoms with E-state index >= 15 is 0 Å². The average Bonchev–Trinajstić information content (AvgIpc) is 3.17. The number of aromatic nitrogens is 1. The van der Waals surface area contributed by atoms with Gasteiger partial charge in [-0.3, -0.25) is 4.79 Å². The van der Waals surface area contributed by atoms with Gasteiger partial charge in [0.05, 0.1) is 18.9 Å². The van der Waals surface area contributed by atoms with Gasteiger partial charge in [-0.15, -0.1) is 11.8 Å². The molecular formula is C23H24N2O2S. The van der Waals surface area contributed by atoms with Gasteiger partial charge in [0.2, 0.25) is 0 Å². The van der Waals surface area contributed by atoms with Gasteiger partial charge in [-0.05, 0) is 29.7 Å². The summed E-state index contributed by atoms with van der Waals surface area (Å²) in [6.45, 7) is 0.705.